The molecule has 3 heteroatoms. The maximum absolute atomic E-state index is 9.40. The van der Waals surface area contributed by atoms with Crippen LogP contribution in [0.3, 0.4) is 0 Å². The van der Waals surface area contributed by atoms with Crippen molar-refractivity contribution in [2.45, 2.75) is 20.8 Å². The first-order chi connectivity index (χ1) is 10.1. The van der Waals surface area contributed by atoms with Crippen LogP contribution in [0.1, 0.15) is 25.0 Å². The van der Waals surface area contributed by atoms with Gasteiger partial charge >= 0.3 is 0 Å². The van der Waals surface area contributed by atoms with E-state index in [-0.39, 0.29) is 5.75 Å². The summed E-state index contributed by atoms with van der Waals surface area (Å²) in [6, 6.07) is 13.6. The molecule has 0 radical (unpaired) electrons. The number of anilines is 1. The minimum absolute atomic E-state index is 0.273. The second-order valence-corrected chi connectivity index (χ2v) is 4.99. The molecule has 21 heavy (non-hydrogen) atoms. The lowest BCUT2D eigenvalue weighted by Crippen LogP contribution is -2.21. The van der Waals surface area contributed by atoms with E-state index in [1.807, 2.05) is 19.2 Å². The number of aromatic hydroxyl groups is 1. The third-order valence-corrected chi connectivity index (χ3v) is 3.55. The average Bonchev–Trinajstić information content (AvgIpc) is 2.49. The van der Waals surface area contributed by atoms with Crippen LogP contribution in [-0.4, -0.2) is 24.4 Å². The lowest BCUT2D eigenvalue weighted by atomic mass is 10.2. The topological polar surface area (TPSA) is 35.8 Å². The third-order valence-electron chi connectivity index (χ3n) is 3.55. The lowest BCUT2D eigenvalue weighted by Gasteiger charge is -2.20. The number of aliphatic imine (C=N–C) groups is 1. The molecule has 1 N–H and O–H groups in total. The van der Waals surface area contributed by atoms with Crippen molar-refractivity contribution in [1.82, 2.24) is 0 Å². The van der Waals surface area contributed by atoms with Gasteiger partial charge in [-0.15, -0.1) is 0 Å². The van der Waals surface area contributed by atoms with Crippen molar-refractivity contribution in [3.05, 3.63) is 53.6 Å². The molecule has 0 saturated heterocycles. The van der Waals surface area contributed by atoms with E-state index in [9.17, 15) is 5.11 Å². The Labute approximate surface area is 126 Å². The molecular weight excluding hydrogens is 260 g/mol. The Hall–Kier alpha value is -2.29. The zero-order chi connectivity index (χ0) is 15.2. The molecule has 2 aromatic carbocycles. The average molecular weight is 282 g/mol. The van der Waals surface area contributed by atoms with Gasteiger partial charge in [0.05, 0.1) is 5.69 Å². The number of phenols is 1. The molecule has 0 saturated carbocycles. The number of hydrogen-bond acceptors (Lipinski definition) is 3. The molecule has 0 aliphatic carbocycles. The van der Waals surface area contributed by atoms with Gasteiger partial charge in [0.15, 0.2) is 0 Å². The van der Waals surface area contributed by atoms with E-state index in [2.05, 4.69) is 48.0 Å². The van der Waals surface area contributed by atoms with Gasteiger partial charge in [-0.25, -0.2) is 0 Å². The van der Waals surface area contributed by atoms with E-state index in [1.54, 1.807) is 12.1 Å². The summed E-state index contributed by atoms with van der Waals surface area (Å²) in [4.78, 5) is 6.79. The molecule has 0 heterocycles. The Balaban J connectivity index is 2.14. The highest BCUT2D eigenvalue weighted by atomic mass is 16.3. The van der Waals surface area contributed by atoms with Crippen molar-refractivity contribution >= 4 is 17.6 Å². The SMILES string of the molecule is CCN(CC)c1ccc(C=Nc2ccc(O)cc2C)cc1. The van der Waals surface area contributed by atoms with Gasteiger partial charge in [-0.1, -0.05) is 12.1 Å². The molecule has 0 amide bonds. The highest BCUT2D eigenvalue weighted by Crippen LogP contribution is 2.23. The summed E-state index contributed by atoms with van der Waals surface area (Å²) >= 11 is 0. The summed E-state index contributed by atoms with van der Waals surface area (Å²) in [5, 5.41) is 9.40. The fourth-order valence-electron chi connectivity index (χ4n) is 2.29. The molecule has 0 aliphatic heterocycles. The van der Waals surface area contributed by atoms with Crippen LogP contribution in [-0.2, 0) is 0 Å². The van der Waals surface area contributed by atoms with Crippen LogP contribution in [0.5, 0.6) is 5.75 Å². The van der Waals surface area contributed by atoms with Crippen molar-refractivity contribution < 1.29 is 5.11 Å². The Kier molecular flexibility index (Phi) is 4.99. The zero-order valence-corrected chi connectivity index (χ0v) is 12.9. The molecule has 0 atom stereocenters. The zero-order valence-electron chi connectivity index (χ0n) is 12.9. The predicted octanol–water partition coefficient (Wildman–Crippen LogP) is 4.30. The first-order valence-electron chi connectivity index (χ1n) is 7.32. The van der Waals surface area contributed by atoms with Gasteiger partial charge in [0.25, 0.3) is 0 Å². The largest absolute Gasteiger partial charge is 0.508 e. The third kappa shape index (κ3) is 3.85. The maximum Gasteiger partial charge on any atom is 0.115 e. The standard InChI is InChI=1S/C18H22N2O/c1-4-20(5-2)16-8-6-15(7-9-16)13-19-18-11-10-17(21)12-14(18)3/h6-13,21H,4-5H2,1-3H3. The second kappa shape index (κ2) is 6.93. The number of rotatable bonds is 5. The lowest BCUT2D eigenvalue weighted by molar-refractivity contribution is 0.475. The van der Waals surface area contributed by atoms with Gasteiger partial charge in [-0.3, -0.25) is 4.99 Å². The normalized spacial score (nSPS) is 11.0. The summed E-state index contributed by atoms with van der Waals surface area (Å²) in [6.45, 7) is 8.28. The van der Waals surface area contributed by atoms with Gasteiger partial charge in [0.1, 0.15) is 5.75 Å². The number of hydrogen-bond donors (Lipinski definition) is 1. The smallest absolute Gasteiger partial charge is 0.115 e. The molecule has 2 aromatic rings. The Morgan fingerprint density at radius 2 is 1.71 bits per heavy atom. The highest BCUT2D eigenvalue weighted by Gasteiger charge is 2.01. The van der Waals surface area contributed by atoms with E-state index >= 15 is 0 Å². The van der Waals surface area contributed by atoms with Gasteiger partial charge in [0.2, 0.25) is 0 Å². The molecule has 0 bridgehead atoms. The second-order valence-electron chi connectivity index (χ2n) is 4.99. The first kappa shape index (κ1) is 15.1. The van der Waals surface area contributed by atoms with Crippen LogP contribution in [0, 0.1) is 6.92 Å². The number of phenolic OH excluding ortho intramolecular Hbond substituents is 1. The van der Waals surface area contributed by atoms with Crippen LogP contribution in [0.15, 0.2) is 47.5 Å². The van der Waals surface area contributed by atoms with Gasteiger partial charge in [-0.05, 0) is 62.2 Å². The van der Waals surface area contributed by atoms with Gasteiger partial charge < -0.3 is 10.0 Å². The Bertz CT molecular complexity index is 614. The van der Waals surface area contributed by atoms with Crippen molar-refractivity contribution in [2.24, 2.45) is 4.99 Å². The number of benzene rings is 2. The molecule has 0 unspecified atom stereocenters. The first-order valence-corrected chi connectivity index (χ1v) is 7.32. The fourth-order valence-corrected chi connectivity index (χ4v) is 2.29. The van der Waals surface area contributed by atoms with E-state index in [0.29, 0.717) is 0 Å². The summed E-state index contributed by atoms with van der Waals surface area (Å²) in [7, 11) is 0. The van der Waals surface area contributed by atoms with E-state index in [1.165, 1.54) is 5.69 Å². The van der Waals surface area contributed by atoms with Crippen LogP contribution in [0.25, 0.3) is 0 Å². The predicted molar refractivity (Wildman–Crippen MR) is 90.1 cm³/mol. The molecule has 0 spiro atoms. The van der Waals surface area contributed by atoms with Crippen LogP contribution in [0.4, 0.5) is 11.4 Å². The maximum atomic E-state index is 9.40. The van der Waals surface area contributed by atoms with Crippen LogP contribution in [0.2, 0.25) is 0 Å². The highest BCUT2D eigenvalue weighted by molar-refractivity contribution is 5.83. The summed E-state index contributed by atoms with van der Waals surface area (Å²) < 4.78 is 0. The molecule has 3 nitrogen and oxygen atoms in total. The number of aryl methyl sites for hydroxylation is 1. The minimum atomic E-state index is 0.273. The Morgan fingerprint density at radius 3 is 2.29 bits per heavy atom. The Morgan fingerprint density at radius 1 is 1.05 bits per heavy atom. The van der Waals surface area contributed by atoms with Gasteiger partial charge in [-0.2, -0.15) is 0 Å². The van der Waals surface area contributed by atoms with Crippen LogP contribution < -0.4 is 4.90 Å². The van der Waals surface area contributed by atoms with Crippen molar-refractivity contribution in [1.29, 1.82) is 0 Å². The van der Waals surface area contributed by atoms with Gasteiger partial charge in [0, 0.05) is 25.0 Å². The molecule has 110 valence electrons. The number of nitrogens with zero attached hydrogens (tertiary/aromatic N) is 2. The monoisotopic (exact) mass is 282 g/mol. The summed E-state index contributed by atoms with van der Waals surface area (Å²) in [5.74, 6) is 0.273. The molecule has 0 aromatic heterocycles. The minimum Gasteiger partial charge on any atom is -0.508 e. The molecular formula is C18H22N2O. The van der Waals surface area contributed by atoms with Crippen molar-refractivity contribution in [2.75, 3.05) is 18.0 Å². The van der Waals surface area contributed by atoms with Crippen molar-refractivity contribution in [3.8, 4) is 5.75 Å². The summed E-state index contributed by atoms with van der Waals surface area (Å²) in [6.07, 6.45) is 1.85. The quantitative estimate of drug-likeness (QED) is 0.830. The molecule has 0 fully saturated rings. The van der Waals surface area contributed by atoms with Crippen LogP contribution >= 0.6 is 0 Å². The summed E-state index contributed by atoms with van der Waals surface area (Å²) in [5.41, 5.74) is 4.14. The fraction of sp³-hybridized carbons (Fsp3) is 0.278. The van der Waals surface area contributed by atoms with Crippen molar-refractivity contribution in [3.63, 3.8) is 0 Å². The van der Waals surface area contributed by atoms with E-state index < -0.39 is 0 Å². The van der Waals surface area contributed by atoms with E-state index in [0.717, 1.165) is 29.9 Å². The molecule has 2 rings (SSSR count). The molecule has 0 aliphatic rings. The van der Waals surface area contributed by atoms with E-state index in [4.69, 9.17) is 0 Å².